The standard InChI is InChI=1S/C17H28N4O2/c1-13(2)17(3,23)12-19-16(22)20-14-7-10-21(11-8-14)15-6-4-5-9-18-15/h4-6,9,13-14,23H,7-8,10-12H2,1-3H3,(H2,19,20,22). The molecule has 1 atom stereocenters. The number of nitrogens with one attached hydrogen (secondary N) is 2. The summed E-state index contributed by atoms with van der Waals surface area (Å²) >= 11 is 0. The van der Waals surface area contributed by atoms with Gasteiger partial charge in [0.15, 0.2) is 0 Å². The van der Waals surface area contributed by atoms with E-state index in [2.05, 4.69) is 20.5 Å². The van der Waals surface area contributed by atoms with Crippen molar-refractivity contribution in [3.05, 3.63) is 24.4 Å². The summed E-state index contributed by atoms with van der Waals surface area (Å²) in [6, 6.07) is 5.87. The molecule has 2 rings (SSSR count). The molecule has 0 spiro atoms. The molecule has 0 bridgehead atoms. The van der Waals surface area contributed by atoms with E-state index in [9.17, 15) is 9.90 Å². The average molecular weight is 320 g/mol. The molecule has 3 N–H and O–H groups in total. The van der Waals surface area contributed by atoms with E-state index < -0.39 is 5.60 Å². The predicted octanol–water partition coefficient (Wildman–Crippen LogP) is 1.76. The van der Waals surface area contributed by atoms with Crippen molar-refractivity contribution in [1.82, 2.24) is 15.6 Å². The van der Waals surface area contributed by atoms with E-state index in [1.54, 1.807) is 13.1 Å². The van der Waals surface area contributed by atoms with E-state index in [-0.39, 0.29) is 24.5 Å². The quantitative estimate of drug-likeness (QED) is 0.772. The Kier molecular flexibility index (Phi) is 5.82. The Labute approximate surface area is 138 Å². The predicted molar refractivity (Wildman–Crippen MR) is 91.5 cm³/mol. The topological polar surface area (TPSA) is 77.5 Å². The minimum absolute atomic E-state index is 0.0874. The minimum atomic E-state index is -0.889. The number of rotatable bonds is 5. The van der Waals surface area contributed by atoms with Gasteiger partial charge in [0.2, 0.25) is 0 Å². The maximum atomic E-state index is 12.0. The Bertz CT molecular complexity index is 497. The SMILES string of the molecule is CC(C)C(C)(O)CNC(=O)NC1CCN(c2ccccn2)CC1. The molecule has 0 aliphatic carbocycles. The maximum absolute atomic E-state index is 12.0. The summed E-state index contributed by atoms with van der Waals surface area (Å²) in [6.07, 6.45) is 3.59. The van der Waals surface area contributed by atoms with Gasteiger partial charge in [0.25, 0.3) is 0 Å². The minimum Gasteiger partial charge on any atom is -0.388 e. The van der Waals surface area contributed by atoms with E-state index in [0.29, 0.717) is 0 Å². The molecule has 2 amide bonds. The van der Waals surface area contributed by atoms with Crippen molar-refractivity contribution in [1.29, 1.82) is 0 Å². The number of urea groups is 1. The number of pyridine rings is 1. The van der Waals surface area contributed by atoms with E-state index in [0.717, 1.165) is 31.7 Å². The van der Waals surface area contributed by atoms with E-state index >= 15 is 0 Å². The first kappa shape index (κ1) is 17.5. The molecule has 0 saturated carbocycles. The lowest BCUT2D eigenvalue weighted by atomic mass is 9.93. The lowest BCUT2D eigenvalue weighted by Gasteiger charge is -2.33. The Hall–Kier alpha value is -1.82. The van der Waals surface area contributed by atoms with Crippen LogP contribution in [0.2, 0.25) is 0 Å². The van der Waals surface area contributed by atoms with Crippen molar-refractivity contribution in [2.45, 2.75) is 45.3 Å². The molecule has 6 heteroatoms. The van der Waals surface area contributed by atoms with Crippen LogP contribution in [0.1, 0.15) is 33.6 Å². The Morgan fingerprint density at radius 2 is 2.13 bits per heavy atom. The highest BCUT2D eigenvalue weighted by atomic mass is 16.3. The first-order valence-electron chi connectivity index (χ1n) is 8.31. The third-order valence-corrected chi connectivity index (χ3v) is 4.65. The molecule has 1 fully saturated rings. The second-order valence-electron chi connectivity index (χ2n) is 6.79. The molecule has 1 aromatic rings. The zero-order valence-corrected chi connectivity index (χ0v) is 14.2. The molecule has 6 nitrogen and oxygen atoms in total. The molecule has 23 heavy (non-hydrogen) atoms. The first-order chi connectivity index (χ1) is 10.9. The van der Waals surface area contributed by atoms with Gasteiger partial charge in [-0.1, -0.05) is 19.9 Å². The zero-order chi connectivity index (χ0) is 16.9. The molecular weight excluding hydrogens is 292 g/mol. The molecule has 0 radical (unpaired) electrons. The van der Waals surface area contributed by atoms with Gasteiger partial charge in [-0.25, -0.2) is 9.78 Å². The molecule has 0 aromatic carbocycles. The molecular formula is C17H28N4O2. The van der Waals surface area contributed by atoms with Gasteiger partial charge in [-0.15, -0.1) is 0 Å². The first-order valence-corrected chi connectivity index (χ1v) is 8.31. The number of anilines is 1. The number of hydrogen-bond acceptors (Lipinski definition) is 4. The fourth-order valence-corrected chi connectivity index (χ4v) is 2.49. The van der Waals surface area contributed by atoms with Crippen LogP contribution >= 0.6 is 0 Å². The highest BCUT2D eigenvalue weighted by molar-refractivity contribution is 5.74. The van der Waals surface area contributed by atoms with E-state index in [1.165, 1.54) is 0 Å². The molecule has 128 valence electrons. The number of piperidine rings is 1. The Morgan fingerprint density at radius 3 is 2.70 bits per heavy atom. The third kappa shape index (κ3) is 5.10. The summed E-state index contributed by atoms with van der Waals surface area (Å²) in [5.41, 5.74) is -0.889. The van der Waals surface area contributed by atoms with Crippen molar-refractivity contribution >= 4 is 11.8 Å². The Balaban J connectivity index is 1.73. The normalized spacial score (nSPS) is 18.6. The molecule has 1 saturated heterocycles. The van der Waals surface area contributed by atoms with Crippen LogP contribution < -0.4 is 15.5 Å². The van der Waals surface area contributed by atoms with Gasteiger partial charge in [-0.05, 0) is 37.8 Å². The summed E-state index contributed by atoms with van der Waals surface area (Å²) in [5.74, 6) is 1.08. The number of hydrogen-bond donors (Lipinski definition) is 3. The van der Waals surface area contributed by atoms with Gasteiger partial charge in [-0.3, -0.25) is 0 Å². The second kappa shape index (κ2) is 7.64. The fraction of sp³-hybridized carbons (Fsp3) is 0.647. The van der Waals surface area contributed by atoms with Crippen molar-refractivity contribution in [3.8, 4) is 0 Å². The van der Waals surface area contributed by atoms with E-state index in [1.807, 2.05) is 32.0 Å². The molecule has 1 aliphatic heterocycles. The van der Waals surface area contributed by atoms with Crippen LogP contribution in [0.3, 0.4) is 0 Å². The summed E-state index contributed by atoms with van der Waals surface area (Å²) in [4.78, 5) is 18.6. The van der Waals surface area contributed by atoms with Gasteiger partial charge in [0, 0.05) is 31.9 Å². The van der Waals surface area contributed by atoms with Gasteiger partial charge >= 0.3 is 6.03 Å². The number of carbonyl (C=O) groups excluding carboxylic acids is 1. The Morgan fingerprint density at radius 1 is 1.43 bits per heavy atom. The highest BCUT2D eigenvalue weighted by Gasteiger charge is 2.26. The van der Waals surface area contributed by atoms with Crippen molar-refractivity contribution in [3.63, 3.8) is 0 Å². The summed E-state index contributed by atoms with van der Waals surface area (Å²) < 4.78 is 0. The van der Waals surface area contributed by atoms with E-state index in [4.69, 9.17) is 0 Å². The summed E-state index contributed by atoms with van der Waals surface area (Å²) in [6.45, 7) is 7.63. The third-order valence-electron chi connectivity index (χ3n) is 4.65. The van der Waals surface area contributed by atoms with Crippen LogP contribution in [0.4, 0.5) is 10.6 Å². The molecule has 1 aliphatic rings. The van der Waals surface area contributed by atoms with Crippen LogP contribution in [0, 0.1) is 5.92 Å². The summed E-state index contributed by atoms with van der Waals surface area (Å²) in [7, 11) is 0. The molecule has 2 heterocycles. The fourth-order valence-electron chi connectivity index (χ4n) is 2.49. The van der Waals surface area contributed by atoms with Crippen LogP contribution in [0.25, 0.3) is 0 Å². The monoisotopic (exact) mass is 320 g/mol. The molecule has 1 unspecified atom stereocenters. The second-order valence-corrected chi connectivity index (χ2v) is 6.79. The van der Waals surface area contributed by atoms with Crippen LogP contribution in [-0.4, -0.2) is 47.4 Å². The van der Waals surface area contributed by atoms with Crippen molar-refractivity contribution < 1.29 is 9.90 Å². The number of amides is 2. The zero-order valence-electron chi connectivity index (χ0n) is 14.2. The average Bonchev–Trinajstić information content (AvgIpc) is 2.54. The number of aliphatic hydroxyl groups is 1. The number of aromatic nitrogens is 1. The van der Waals surface area contributed by atoms with Gasteiger partial charge in [-0.2, -0.15) is 0 Å². The lowest BCUT2D eigenvalue weighted by Crippen LogP contribution is -2.51. The highest BCUT2D eigenvalue weighted by Crippen LogP contribution is 2.17. The summed E-state index contributed by atoms with van der Waals surface area (Å²) in [5, 5.41) is 15.9. The van der Waals surface area contributed by atoms with Crippen molar-refractivity contribution in [2.75, 3.05) is 24.5 Å². The van der Waals surface area contributed by atoms with Gasteiger partial charge in [0.1, 0.15) is 5.82 Å². The van der Waals surface area contributed by atoms with Crippen molar-refractivity contribution in [2.24, 2.45) is 5.92 Å². The van der Waals surface area contributed by atoms with Crippen LogP contribution in [0.5, 0.6) is 0 Å². The number of nitrogens with zero attached hydrogens (tertiary/aromatic N) is 2. The van der Waals surface area contributed by atoms with Gasteiger partial charge < -0.3 is 20.6 Å². The largest absolute Gasteiger partial charge is 0.388 e. The molecule has 1 aromatic heterocycles. The van der Waals surface area contributed by atoms with Crippen LogP contribution in [0.15, 0.2) is 24.4 Å². The van der Waals surface area contributed by atoms with Gasteiger partial charge in [0.05, 0.1) is 5.60 Å². The number of carbonyl (C=O) groups is 1. The smallest absolute Gasteiger partial charge is 0.315 e. The lowest BCUT2D eigenvalue weighted by molar-refractivity contribution is 0.0165. The van der Waals surface area contributed by atoms with Crippen LogP contribution in [-0.2, 0) is 0 Å². The maximum Gasteiger partial charge on any atom is 0.315 e.